The number of hydrogen-bond acceptors (Lipinski definition) is 4. The van der Waals surface area contributed by atoms with Crippen LogP contribution in [0.1, 0.15) is 16.1 Å². The largest absolute Gasteiger partial charge is 0.256 e. The van der Waals surface area contributed by atoms with Gasteiger partial charge in [0, 0.05) is 22.8 Å². The van der Waals surface area contributed by atoms with Crippen LogP contribution in [0.2, 0.25) is 0 Å². The van der Waals surface area contributed by atoms with Gasteiger partial charge in [0.2, 0.25) is 0 Å². The number of nitriles is 1. The first-order valence-electron chi connectivity index (χ1n) is 6.41. The normalized spacial score (nSPS) is 10.6. The van der Waals surface area contributed by atoms with E-state index in [1.165, 1.54) is 0 Å². The van der Waals surface area contributed by atoms with Gasteiger partial charge in [0.15, 0.2) is 0 Å². The van der Waals surface area contributed by atoms with E-state index in [9.17, 15) is 0 Å². The molecular formula is C17H11N3S. The van der Waals surface area contributed by atoms with Gasteiger partial charge >= 0.3 is 0 Å². The van der Waals surface area contributed by atoms with Crippen molar-refractivity contribution >= 4 is 23.5 Å². The Labute approximate surface area is 126 Å². The third kappa shape index (κ3) is 3.04. The number of pyridine rings is 1. The Hall–Kier alpha value is -2.77. The van der Waals surface area contributed by atoms with Crippen LogP contribution >= 0.6 is 11.3 Å². The minimum Gasteiger partial charge on any atom is -0.256 e. The lowest BCUT2D eigenvalue weighted by Gasteiger charge is -1.94. The van der Waals surface area contributed by atoms with E-state index in [-0.39, 0.29) is 0 Å². The molecule has 4 heteroatoms. The van der Waals surface area contributed by atoms with E-state index >= 15 is 0 Å². The smallest absolute Gasteiger partial charge is 0.123 e. The molecule has 0 bridgehead atoms. The molecule has 0 amide bonds. The van der Waals surface area contributed by atoms with Crippen LogP contribution in [0.5, 0.6) is 0 Å². The molecule has 0 fully saturated rings. The molecule has 0 radical (unpaired) electrons. The highest BCUT2D eigenvalue weighted by Crippen LogP contribution is 2.26. The SMILES string of the molecule is N#Cc1cccnc1/C=C/c1cnc(-c2ccccc2)s1. The molecule has 2 aromatic heterocycles. The van der Waals surface area contributed by atoms with Crippen molar-refractivity contribution in [3.8, 4) is 16.6 Å². The standard InChI is InChI=1S/C17H11N3S/c18-11-14-7-4-10-19-16(14)9-8-15-12-20-17(21-15)13-5-2-1-3-6-13/h1-10,12H/b9-8+. The van der Waals surface area contributed by atoms with Gasteiger partial charge in [0.05, 0.1) is 11.3 Å². The van der Waals surface area contributed by atoms with E-state index < -0.39 is 0 Å². The van der Waals surface area contributed by atoms with E-state index in [1.54, 1.807) is 29.7 Å². The molecule has 21 heavy (non-hydrogen) atoms. The fraction of sp³-hybridized carbons (Fsp3) is 0. The number of hydrogen-bond donors (Lipinski definition) is 0. The molecule has 0 saturated carbocycles. The zero-order valence-electron chi connectivity index (χ0n) is 11.1. The highest BCUT2D eigenvalue weighted by molar-refractivity contribution is 7.15. The zero-order chi connectivity index (χ0) is 14.5. The lowest BCUT2D eigenvalue weighted by atomic mass is 10.2. The monoisotopic (exact) mass is 289 g/mol. The van der Waals surface area contributed by atoms with Crippen LogP contribution in [0.15, 0.2) is 54.9 Å². The van der Waals surface area contributed by atoms with Crippen molar-refractivity contribution in [2.75, 3.05) is 0 Å². The molecule has 3 rings (SSSR count). The third-order valence-corrected chi connectivity index (χ3v) is 3.92. The Balaban J connectivity index is 1.85. The molecular weight excluding hydrogens is 278 g/mol. The van der Waals surface area contributed by atoms with Crippen LogP contribution in [0.4, 0.5) is 0 Å². The molecule has 0 saturated heterocycles. The predicted octanol–water partition coefficient (Wildman–Crippen LogP) is 4.25. The Morgan fingerprint density at radius 2 is 1.86 bits per heavy atom. The second-order valence-electron chi connectivity index (χ2n) is 4.32. The first kappa shape index (κ1) is 13.2. The minimum absolute atomic E-state index is 0.571. The van der Waals surface area contributed by atoms with Crippen LogP contribution in [0, 0.1) is 11.3 Å². The van der Waals surface area contributed by atoms with Crippen LogP contribution in [0.3, 0.4) is 0 Å². The van der Waals surface area contributed by atoms with Crippen molar-refractivity contribution in [1.82, 2.24) is 9.97 Å². The van der Waals surface area contributed by atoms with Crippen LogP contribution in [-0.2, 0) is 0 Å². The van der Waals surface area contributed by atoms with Crippen molar-refractivity contribution in [1.29, 1.82) is 5.26 Å². The maximum absolute atomic E-state index is 9.03. The Kier molecular flexibility index (Phi) is 3.85. The number of nitrogens with zero attached hydrogens (tertiary/aromatic N) is 3. The summed E-state index contributed by atoms with van der Waals surface area (Å²) in [4.78, 5) is 9.66. The lowest BCUT2D eigenvalue weighted by molar-refractivity contribution is 1.27. The Bertz CT molecular complexity index is 813. The van der Waals surface area contributed by atoms with Crippen LogP contribution in [-0.4, -0.2) is 9.97 Å². The summed E-state index contributed by atoms with van der Waals surface area (Å²) in [7, 11) is 0. The summed E-state index contributed by atoms with van der Waals surface area (Å²) < 4.78 is 0. The van der Waals surface area contributed by atoms with E-state index in [1.807, 2.05) is 48.7 Å². The molecule has 0 aliphatic carbocycles. The summed E-state index contributed by atoms with van der Waals surface area (Å²) in [6.45, 7) is 0. The molecule has 2 heterocycles. The van der Waals surface area contributed by atoms with Gasteiger partial charge in [-0.25, -0.2) is 4.98 Å². The Morgan fingerprint density at radius 3 is 2.67 bits per heavy atom. The molecule has 0 aliphatic heterocycles. The number of rotatable bonds is 3. The average molecular weight is 289 g/mol. The summed E-state index contributed by atoms with van der Waals surface area (Å²) in [5.74, 6) is 0. The van der Waals surface area contributed by atoms with Gasteiger partial charge in [-0.1, -0.05) is 30.3 Å². The third-order valence-electron chi connectivity index (χ3n) is 2.91. The van der Waals surface area contributed by atoms with Gasteiger partial charge in [-0.15, -0.1) is 11.3 Å². The van der Waals surface area contributed by atoms with E-state index in [0.29, 0.717) is 11.3 Å². The number of thiazole rings is 1. The predicted molar refractivity (Wildman–Crippen MR) is 85.4 cm³/mol. The van der Waals surface area contributed by atoms with E-state index in [0.717, 1.165) is 15.4 Å². The fourth-order valence-electron chi connectivity index (χ4n) is 1.88. The van der Waals surface area contributed by atoms with Gasteiger partial charge in [-0.3, -0.25) is 4.98 Å². The van der Waals surface area contributed by atoms with Gasteiger partial charge in [0.25, 0.3) is 0 Å². The molecule has 0 spiro atoms. The fourth-order valence-corrected chi connectivity index (χ4v) is 2.71. The minimum atomic E-state index is 0.571. The van der Waals surface area contributed by atoms with Crippen molar-refractivity contribution in [3.05, 3.63) is 71.0 Å². The lowest BCUT2D eigenvalue weighted by Crippen LogP contribution is -1.84. The number of aromatic nitrogens is 2. The molecule has 0 unspecified atom stereocenters. The first-order chi connectivity index (χ1) is 10.4. The van der Waals surface area contributed by atoms with Crippen molar-refractivity contribution < 1.29 is 0 Å². The zero-order valence-corrected chi connectivity index (χ0v) is 11.9. The van der Waals surface area contributed by atoms with E-state index in [2.05, 4.69) is 16.0 Å². The summed E-state index contributed by atoms with van der Waals surface area (Å²) in [6.07, 6.45) is 7.30. The number of benzene rings is 1. The van der Waals surface area contributed by atoms with Crippen LogP contribution in [0.25, 0.3) is 22.7 Å². The van der Waals surface area contributed by atoms with Crippen molar-refractivity contribution in [2.45, 2.75) is 0 Å². The van der Waals surface area contributed by atoms with Crippen molar-refractivity contribution in [3.63, 3.8) is 0 Å². The molecule has 0 atom stereocenters. The summed E-state index contributed by atoms with van der Waals surface area (Å²) in [5, 5.41) is 10.0. The van der Waals surface area contributed by atoms with Crippen LogP contribution < -0.4 is 0 Å². The molecule has 0 aliphatic rings. The second kappa shape index (κ2) is 6.12. The van der Waals surface area contributed by atoms with Gasteiger partial charge in [-0.05, 0) is 24.3 Å². The first-order valence-corrected chi connectivity index (χ1v) is 7.23. The highest BCUT2D eigenvalue weighted by atomic mass is 32.1. The molecule has 0 N–H and O–H groups in total. The Morgan fingerprint density at radius 1 is 1.00 bits per heavy atom. The summed E-state index contributed by atoms with van der Waals surface area (Å²) >= 11 is 1.61. The highest BCUT2D eigenvalue weighted by Gasteiger charge is 2.03. The maximum Gasteiger partial charge on any atom is 0.123 e. The van der Waals surface area contributed by atoms with Gasteiger partial charge in [0.1, 0.15) is 11.1 Å². The molecule has 3 nitrogen and oxygen atoms in total. The second-order valence-corrected chi connectivity index (χ2v) is 5.38. The van der Waals surface area contributed by atoms with Crippen molar-refractivity contribution in [2.24, 2.45) is 0 Å². The molecule has 3 aromatic rings. The maximum atomic E-state index is 9.03. The molecule has 100 valence electrons. The quantitative estimate of drug-likeness (QED) is 0.724. The topological polar surface area (TPSA) is 49.6 Å². The average Bonchev–Trinajstić information content (AvgIpc) is 3.03. The summed E-state index contributed by atoms with van der Waals surface area (Å²) in [5.41, 5.74) is 2.36. The summed E-state index contributed by atoms with van der Waals surface area (Å²) in [6, 6.07) is 15.7. The van der Waals surface area contributed by atoms with Gasteiger partial charge in [-0.2, -0.15) is 5.26 Å². The van der Waals surface area contributed by atoms with Gasteiger partial charge < -0.3 is 0 Å². The molecule has 1 aromatic carbocycles. The van der Waals surface area contributed by atoms with E-state index in [4.69, 9.17) is 5.26 Å².